The molecule has 0 aliphatic carbocycles. The molecule has 5 rings (SSSR count). The zero-order chi connectivity index (χ0) is 35.1. The lowest BCUT2D eigenvalue weighted by Crippen LogP contribution is -2.21. The minimum atomic E-state index is -2.99. The largest absolute Gasteiger partial charge is 0.708 e. The molecule has 0 aliphatic heterocycles. The van der Waals surface area contributed by atoms with E-state index in [9.17, 15) is 49.6 Å². The molecule has 0 bridgehead atoms. The van der Waals surface area contributed by atoms with Gasteiger partial charge in [-0.1, -0.05) is 0 Å². The van der Waals surface area contributed by atoms with Crippen molar-refractivity contribution in [3.05, 3.63) is 98.9 Å². The fourth-order valence-electron chi connectivity index (χ4n) is 4.98. The van der Waals surface area contributed by atoms with Crippen LogP contribution in [0.3, 0.4) is 0 Å². The smallest absolute Gasteiger partial charge is 0.498 e. The summed E-state index contributed by atoms with van der Waals surface area (Å²) in [5.74, 6) is -41.9. The molecule has 0 unspecified atom stereocenters. The van der Waals surface area contributed by atoms with E-state index in [1.54, 1.807) is 0 Å². The maximum Gasteiger partial charge on any atom is 0.708 e. The van der Waals surface area contributed by atoms with E-state index in [2.05, 4.69) is 4.65 Å². The molecule has 1 aromatic heterocycles. The topological polar surface area (TPSA) is 65.5 Å². The average molecular weight is 689 g/mol. The first kappa shape index (κ1) is 33.5. The fourth-order valence-corrected chi connectivity index (χ4v) is 4.98. The molecule has 3 N–H and O–H groups in total. The van der Waals surface area contributed by atoms with Crippen molar-refractivity contribution in [3.8, 4) is 39.3 Å². The molecule has 0 spiro atoms. The lowest BCUT2D eigenvalue weighted by Gasteiger charge is -2.19. The molecule has 4 aromatic carbocycles. The normalized spacial score (nSPS) is 11.6. The average Bonchev–Trinajstić information content (AvgIpc) is 3.37. The Labute approximate surface area is 249 Å². The number of rotatable bonds is 5. The zero-order valence-electron chi connectivity index (χ0n) is 22.1. The Morgan fingerprint density at radius 3 is 1.15 bits per heavy atom. The Balaban J connectivity index is 2.12. The van der Waals surface area contributed by atoms with Crippen molar-refractivity contribution in [2.24, 2.45) is 0 Å². The van der Waals surface area contributed by atoms with E-state index in [0.717, 1.165) is 0 Å². The number of hydrogen-bond donors (Lipinski definition) is 3. The molecular weight excluding hydrogens is 682 g/mol. The molecule has 246 valence electrons. The number of aromatic amines is 1. The third-order valence-corrected chi connectivity index (χ3v) is 6.92. The summed E-state index contributed by atoms with van der Waals surface area (Å²) in [5, 5.41) is 17.6. The third-order valence-electron chi connectivity index (χ3n) is 6.92. The van der Waals surface area contributed by atoms with E-state index in [0.29, 0.717) is 6.92 Å². The summed E-state index contributed by atoms with van der Waals surface area (Å²) in [6.45, 7) is 0.549. The maximum atomic E-state index is 15.2. The van der Waals surface area contributed by atoms with Crippen LogP contribution in [-0.2, 0) is 0 Å². The predicted octanol–water partition coefficient (Wildman–Crippen LogP) is 7.91. The highest BCUT2D eigenvalue weighted by atomic mass is 19.2. The number of aromatic nitrogens is 1. The van der Waals surface area contributed by atoms with Gasteiger partial charge in [0.2, 0.25) is 17.5 Å². The number of H-pyrrole nitrogens is 1. The first-order valence-corrected chi connectivity index (χ1v) is 12.1. The van der Waals surface area contributed by atoms with Crippen molar-refractivity contribution in [1.29, 1.82) is 0 Å². The third kappa shape index (κ3) is 4.76. The quantitative estimate of drug-likeness (QED) is 0.0761. The van der Waals surface area contributed by atoms with Crippen LogP contribution in [0.1, 0.15) is 5.56 Å². The summed E-state index contributed by atoms with van der Waals surface area (Å²) in [7, 11) is -2.99. The molecule has 0 fully saturated rings. The first-order valence-electron chi connectivity index (χ1n) is 12.1. The lowest BCUT2D eigenvalue weighted by atomic mass is 9.86. The van der Waals surface area contributed by atoms with Gasteiger partial charge >= 0.3 is 7.32 Å². The molecule has 0 amide bonds. The van der Waals surface area contributed by atoms with Crippen LogP contribution in [0.4, 0.5) is 65.9 Å². The fraction of sp³-hybridized carbons (Fsp3) is 0.0370. The van der Waals surface area contributed by atoms with Crippen LogP contribution >= 0.6 is 0 Å². The van der Waals surface area contributed by atoms with Crippen LogP contribution in [0.5, 0.6) is 5.88 Å². The zero-order valence-corrected chi connectivity index (χ0v) is 22.1. The van der Waals surface area contributed by atoms with Crippen molar-refractivity contribution in [1.82, 2.24) is 4.98 Å². The first-order chi connectivity index (χ1) is 21.8. The monoisotopic (exact) mass is 689 g/mol. The molecule has 0 atom stereocenters. The van der Waals surface area contributed by atoms with E-state index in [4.69, 9.17) is 0 Å². The lowest BCUT2D eigenvalue weighted by molar-refractivity contribution is 0.284. The molecule has 0 radical (unpaired) electrons. The number of fused-ring (bicyclic) bond motifs is 1. The highest BCUT2D eigenvalue weighted by molar-refractivity contribution is 6.34. The standard InChI is InChI=1S/C27H7BF15NO3/c1-3-6(10-14(31)20(37)25(42)21(38)15(10)32)4(8-12(29)18(35)24(41)19(36)13(8)30)2-5-7(3)9(27(44-5)47-28(45)46)11-16(33)22(39)26(43)23(40)17(11)34/h2,44-46H,1H3. The van der Waals surface area contributed by atoms with E-state index in [1.165, 1.54) is 0 Å². The second-order valence-corrected chi connectivity index (χ2v) is 9.45. The van der Waals surface area contributed by atoms with Crippen LogP contribution in [0.15, 0.2) is 6.07 Å². The van der Waals surface area contributed by atoms with Gasteiger partial charge in [0.1, 0.15) is 0 Å². The Morgan fingerprint density at radius 1 is 0.468 bits per heavy atom. The van der Waals surface area contributed by atoms with Crippen molar-refractivity contribution in [3.63, 3.8) is 0 Å². The molecule has 4 nitrogen and oxygen atoms in total. The van der Waals surface area contributed by atoms with Gasteiger partial charge in [-0.15, -0.1) is 0 Å². The van der Waals surface area contributed by atoms with Crippen molar-refractivity contribution < 1.29 is 80.6 Å². The highest BCUT2D eigenvalue weighted by Crippen LogP contribution is 2.50. The SMILES string of the molecule is Cc1c(-c2c(F)c(F)c(F)c(F)c2F)c(-c2c(F)c(F)c(F)c(F)c2F)cc2[nH]c(OB(O)O)c(-c3c(F)c(F)c(F)c(F)c3F)c12. The van der Waals surface area contributed by atoms with Gasteiger partial charge in [-0.25, -0.2) is 65.9 Å². The number of halogens is 15. The van der Waals surface area contributed by atoms with E-state index < -0.39 is 150 Å². The van der Waals surface area contributed by atoms with Gasteiger partial charge in [0, 0.05) is 10.9 Å². The van der Waals surface area contributed by atoms with E-state index in [-0.39, 0.29) is 6.07 Å². The Hall–Kier alpha value is -4.85. The van der Waals surface area contributed by atoms with E-state index >= 15 is 26.3 Å². The summed E-state index contributed by atoms with van der Waals surface area (Å²) in [6.07, 6.45) is 0. The summed E-state index contributed by atoms with van der Waals surface area (Å²) in [4.78, 5) is 1.96. The predicted molar refractivity (Wildman–Crippen MR) is 130 cm³/mol. The summed E-state index contributed by atoms with van der Waals surface area (Å²) in [5.41, 5.74) is -12.8. The Morgan fingerprint density at radius 2 is 0.787 bits per heavy atom. The summed E-state index contributed by atoms with van der Waals surface area (Å²) in [6, 6.07) is 0.167. The molecule has 5 aromatic rings. The second-order valence-electron chi connectivity index (χ2n) is 9.45. The number of nitrogens with one attached hydrogen (secondary N) is 1. The van der Waals surface area contributed by atoms with Crippen LogP contribution < -0.4 is 4.65 Å². The Bertz CT molecular complexity index is 2100. The molecule has 0 saturated carbocycles. The molecule has 0 saturated heterocycles. The van der Waals surface area contributed by atoms with Crippen molar-refractivity contribution in [2.75, 3.05) is 0 Å². The maximum absolute atomic E-state index is 15.2. The summed E-state index contributed by atoms with van der Waals surface area (Å²) >= 11 is 0. The van der Waals surface area contributed by atoms with Crippen molar-refractivity contribution in [2.45, 2.75) is 6.92 Å². The Kier molecular flexibility index (Phi) is 8.16. The minimum absolute atomic E-state index is 0.167. The van der Waals surface area contributed by atoms with Gasteiger partial charge in [-0.05, 0) is 29.7 Å². The van der Waals surface area contributed by atoms with Crippen molar-refractivity contribution >= 4 is 18.2 Å². The van der Waals surface area contributed by atoms with Gasteiger partial charge in [0.25, 0.3) is 0 Å². The van der Waals surface area contributed by atoms with Gasteiger partial charge in [-0.3, -0.25) is 0 Å². The van der Waals surface area contributed by atoms with Gasteiger partial charge in [0.05, 0.1) is 22.3 Å². The van der Waals surface area contributed by atoms with Gasteiger partial charge < -0.3 is 19.7 Å². The molecular formula is C27H7BF15NO3. The van der Waals surface area contributed by atoms with Gasteiger partial charge in [-0.2, -0.15) is 0 Å². The number of benzene rings is 4. The molecule has 47 heavy (non-hydrogen) atoms. The van der Waals surface area contributed by atoms with Crippen LogP contribution in [0, 0.1) is 94.2 Å². The van der Waals surface area contributed by atoms with Crippen LogP contribution in [-0.4, -0.2) is 22.4 Å². The minimum Gasteiger partial charge on any atom is -0.498 e. The molecule has 20 heteroatoms. The van der Waals surface area contributed by atoms with Crippen LogP contribution in [0.25, 0.3) is 44.3 Å². The molecule has 0 aliphatic rings. The highest BCUT2D eigenvalue weighted by Gasteiger charge is 2.37. The second kappa shape index (κ2) is 11.4. The summed E-state index contributed by atoms with van der Waals surface area (Å²) < 4.78 is 222. The number of aryl methyl sites for hydroxylation is 1. The number of hydrogen-bond acceptors (Lipinski definition) is 3. The van der Waals surface area contributed by atoms with Gasteiger partial charge in [0.15, 0.2) is 75.7 Å². The van der Waals surface area contributed by atoms with E-state index in [1.807, 2.05) is 4.98 Å². The molecule has 1 heterocycles. The van der Waals surface area contributed by atoms with Crippen LogP contribution in [0.2, 0.25) is 0 Å².